The average Bonchev–Trinajstić information content (AvgIpc) is 2.11. The van der Waals surface area contributed by atoms with Crippen LogP contribution in [0.2, 0.25) is 0 Å². The molecule has 5 nitrogen and oxygen atoms in total. The normalized spacial score (nSPS) is 12.7. The smallest absolute Gasteiger partial charge is 0.329 e. The summed E-state index contributed by atoms with van der Waals surface area (Å²) in [4.78, 5) is 17.9. The van der Waals surface area contributed by atoms with Crippen molar-refractivity contribution in [3.05, 3.63) is 28.8 Å². The van der Waals surface area contributed by atoms with Gasteiger partial charge in [-0.3, -0.25) is 4.57 Å². The lowest BCUT2D eigenvalue weighted by atomic mass is 9.78. The summed E-state index contributed by atoms with van der Waals surface area (Å²) in [6, 6.07) is 3.06. The van der Waals surface area contributed by atoms with Gasteiger partial charge in [0.25, 0.3) is 0 Å². The number of phenols is 1. The van der Waals surface area contributed by atoms with Gasteiger partial charge in [0.15, 0.2) is 0 Å². The van der Waals surface area contributed by atoms with Gasteiger partial charge in [0.2, 0.25) is 0 Å². The number of aryl methyl sites for hydroxylation is 1. The minimum Gasteiger partial charge on any atom is -0.508 e. The highest BCUT2D eigenvalue weighted by Crippen LogP contribution is 2.42. The summed E-state index contributed by atoms with van der Waals surface area (Å²) in [6.45, 7) is 5.62. The van der Waals surface area contributed by atoms with E-state index in [2.05, 4.69) is 0 Å². The van der Waals surface area contributed by atoms with Crippen molar-refractivity contribution in [1.29, 1.82) is 0 Å². The van der Waals surface area contributed by atoms with Crippen LogP contribution < -0.4 is 0 Å². The molecule has 0 aromatic heterocycles. The van der Waals surface area contributed by atoms with Crippen LogP contribution in [0.1, 0.15) is 37.0 Å². The third kappa shape index (κ3) is 4.32. The predicted octanol–water partition coefficient (Wildman–Crippen LogP) is 2.04. The molecule has 0 bridgehead atoms. The van der Waals surface area contributed by atoms with E-state index in [1.54, 1.807) is 13.0 Å². The second-order valence-corrected chi connectivity index (χ2v) is 7.13. The van der Waals surface area contributed by atoms with Gasteiger partial charge in [0.1, 0.15) is 5.75 Å². The Kier molecular flexibility index (Phi) is 4.80. The minimum atomic E-state index is -4.15. The Bertz CT molecular complexity index is 481. The fourth-order valence-corrected chi connectivity index (χ4v) is 3.11. The fraction of sp³-hybridized carbons (Fsp3) is 0.538. The number of aliphatic hydroxyl groups is 1. The summed E-state index contributed by atoms with van der Waals surface area (Å²) in [5.74, 6) is 0.0156. The number of hydrogen-bond donors (Lipinski definition) is 4. The van der Waals surface area contributed by atoms with Crippen LogP contribution in [0.3, 0.4) is 0 Å². The number of phenolic OH excluding ortho intramolecular Hbond substituents is 1. The third-order valence-electron chi connectivity index (χ3n) is 3.18. The van der Waals surface area contributed by atoms with E-state index in [9.17, 15) is 9.67 Å². The van der Waals surface area contributed by atoms with Crippen molar-refractivity contribution in [3.8, 4) is 5.75 Å². The molecule has 0 aliphatic rings. The molecule has 0 saturated carbocycles. The third-order valence-corrected chi connectivity index (χ3v) is 3.95. The Hall–Kier alpha value is -0.870. The van der Waals surface area contributed by atoms with E-state index in [4.69, 9.17) is 14.9 Å². The van der Waals surface area contributed by atoms with E-state index in [1.807, 2.05) is 13.8 Å². The molecule has 1 aromatic carbocycles. The number of rotatable bonds is 5. The first kappa shape index (κ1) is 16.2. The molecule has 108 valence electrons. The van der Waals surface area contributed by atoms with E-state index >= 15 is 0 Å². The Morgan fingerprint density at radius 1 is 1.26 bits per heavy atom. The van der Waals surface area contributed by atoms with Gasteiger partial charge in [0.05, 0.1) is 6.16 Å². The monoisotopic (exact) mass is 288 g/mol. The molecule has 6 heteroatoms. The number of benzene rings is 1. The topological polar surface area (TPSA) is 98.0 Å². The van der Waals surface area contributed by atoms with Crippen LogP contribution in [0.5, 0.6) is 5.75 Å². The highest BCUT2D eigenvalue weighted by Gasteiger charge is 2.26. The molecule has 0 spiro atoms. The van der Waals surface area contributed by atoms with Gasteiger partial charge in [-0.2, -0.15) is 0 Å². The zero-order valence-corrected chi connectivity index (χ0v) is 12.3. The van der Waals surface area contributed by atoms with Gasteiger partial charge in [-0.15, -0.1) is 0 Å². The van der Waals surface area contributed by atoms with Crippen LogP contribution in [0.15, 0.2) is 12.1 Å². The molecule has 4 N–H and O–H groups in total. The van der Waals surface area contributed by atoms with E-state index in [-0.39, 0.29) is 18.5 Å². The molecule has 19 heavy (non-hydrogen) atoms. The van der Waals surface area contributed by atoms with Crippen LogP contribution in [0, 0.1) is 6.92 Å². The Labute approximate surface area is 113 Å². The largest absolute Gasteiger partial charge is 0.508 e. The summed E-state index contributed by atoms with van der Waals surface area (Å²) < 4.78 is 11.0. The van der Waals surface area contributed by atoms with Crippen molar-refractivity contribution in [2.45, 2.75) is 38.8 Å². The van der Waals surface area contributed by atoms with E-state index in [1.165, 1.54) is 6.07 Å². The van der Waals surface area contributed by atoms with Crippen molar-refractivity contribution in [2.24, 2.45) is 0 Å². The van der Waals surface area contributed by atoms with E-state index in [0.717, 1.165) is 5.56 Å². The summed E-state index contributed by atoms with van der Waals surface area (Å²) in [5.41, 5.74) is 1.48. The standard InChI is InChI=1S/C13H21O5P/c1-9-6-10(8-19(16,17)18)7-11(15)12(9)13(2,3)4-5-14/h6-7,14-15H,4-5,8H2,1-3H3,(H2,16,17,18). The lowest BCUT2D eigenvalue weighted by Crippen LogP contribution is -2.20. The highest BCUT2D eigenvalue weighted by atomic mass is 31.2. The summed E-state index contributed by atoms with van der Waals surface area (Å²) in [5, 5.41) is 19.2. The lowest BCUT2D eigenvalue weighted by molar-refractivity contribution is 0.250. The number of aromatic hydroxyl groups is 1. The molecule has 0 heterocycles. The lowest BCUT2D eigenvalue weighted by Gasteiger charge is -2.27. The quantitative estimate of drug-likeness (QED) is 0.622. The molecule has 0 saturated heterocycles. The molecule has 1 aromatic rings. The number of aliphatic hydroxyl groups excluding tert-OH is 1. The molecule has 0 amide bonds. The van der Waals surface area contributed by atoms with Gasteiger partial charge >= 0.3 is 7.60 Å². The SMILES string of the molecule is Cc1cc(CP(=O)(O)O)cc(O)c1C(C)(C)CCO. The van der Waals surface area contributed by atoms with Gasteiger partial charge in [-0.05, 0) is 36.0 Å². The summed E-state index contributed by atoms with van der Waals surface area (Å²) in [6.07, 6.45) is 0.112. The van der Waals surface area contributed by atoms with Crippen molar-refractivity contribution in [1.82, 2.24) is 0 Å². The van der Waals surface area contributed by atoms with Crippen LogP contribution in [-0.2, 0) is 16.1 Å². The van der Waals surface area contributed by atoms with Gasteiger partial charge < -0.3 is 20.0 Å². The van der Waals surface area contributed by atoms with Crippen molar-refractivity contribution in [2.75, 3.05) is 6.61 Å². The molecule has 0 aliphatic carbocycles. The first-order valence-electron chi connectivity index (χ1n) is 6.05. The molecular formula is C13H21O5P. The van der Waals surface area contributed by atoms with Gasteiger partial charge in [-0.1, -0.05) is 19.9 Å². The Morgan fingerprint density at radius 3 is 2.26 bits per heavy atom. The minimum absolute atomic E-state index is 0.0100. The van der Waals surface area contributed by atoms with Crippen molar-refractivity contribution in [3.63, 3.8) is 0 Å². The molecule has 0 unspecified atom stereocenters. The van der Waals surface area contributed by atoms with Crippen molar-refractivity contribution >= 4 is 7.60 Å². The van der Waals surface area contributed by atoms with Gasteiger partial charge in [0, 0.05) is 12.2 Å². The van der Waals surface area contributed by atoms with Crippen molar-refractivity contribution < 1.29 is 24.6 Å². The summed E-state index contributed by atoms with van der Waals surface area (Å²) >= 11 is 0. The molecule has 0 radical (unpaired) electrons. The molecular weight excluding hydrogens is 267 g/mol. The first-order valence-corrected chi connectivity index (χ1v) is 7.85. The van der Waals surface area contributed by atoms with Crippen LogP contribution >= 0.6 is 7.60 Å². The first-order chi connectivity index (χ1) is 8.57. The second-order valence-electron chi connectivity index (χ2n) is 5.49. The molecule has 0 atom stereocenters. The maximum absolute atomic E-state index is 11.0. The fourth-order valence-electron chi connectivity index (χ4n) is 2.46. The summed E-state index contributed by atoms with van der Waals surface area (Å²) in [7, 11) is -4.15. The van der Waals surface area contributed by atoms with Crippen LogP contribution in [0.25, 0.3) is 0 Å². The molecule has 1 rings (SSSR count). The molecule has 0 fully saturated rings. The average molecular weight is 288 g/mol. The maximum Gasteiger partial charge on any atom is 0.329 e. The maximum atomic E-state index is 11.0. The van der Waals surface area contributed by atoms with E-state index < -0.39 is 13.0 Å². The van der Waals surface area contributed by atoms with E-state index in [0.29, 0.717) is 17.5 Å². The Morgan fingerprint density at radius 2 is 1.84 bits per heavy atom. The number of hydrogen-bond acceptors (Lipinski definition) is 3. The highest BCUT2D eigenvalue weighted by molar-refractivity contribution is 7.50. The zero-order chi connectivity index (χ0) is 14.8. The Balaban J connectivity index is 3.22. The predicted molar refractivity (Wildman–Crippen MR) is 73.3 cm³/mol. The van der Waals surface area contributed by atoms with Crippen LogP contribution in [0.4, 0.5) is 0 Å². The second kappa shape index (κ2) is 5.63. The van der Waals surface area contributed by atoms with Gasteiger partial charge in [-0.25, -0.2) is 0 Å². The zero-order valence-electron chi connectivity index (χ0n) is 11.4. The van der Waals surface area contributed by atoms with Crippen LogP contribution in [-0.4, -0.2) is 26.6 Å². The molecule has 0 aliphatic heterocycles.